The summed E-state index contributed by atoms with van der Waals surface area (Å²) in [5, 5.41) is 2.73. The van der Waals surface area contributed by atoms with Crippen LogP contribution in [0, 0.1) is 0 Å². The molecule has 0 spiro atoms. The van der Waals surface area contributed by atoms with Gasteiger partial charge in [0.2, 0.25) is 0 Å². The summed E-state index contributed by atoms with van der Waals surface area (Å²) in [6.45, 7) is 3.13. The Labute approximate surface area is 137 Å². The molecule has 0 atom stereocenters. The number of ether oxygens (including phenoxy) is 1. The van der Waals surface area contributed by atoms with Gasteiger partial charge in [-0.2, -0.15) is 0 Å². The van der Waals surface area contributed by atoms with E-state index in [2.05, 4.69) is 22.1 Å². The van der Waals surface area contributed by atoms with E-state index in [1.54, 1.807) is 12.3 Å². The van der Waals surface area contributed by atoms with Crippen LogP contribution in [0.25, 0.3) is 0 Å². The van der Waals surface area contributed by atoms with E-state index >= 15 is 0 Å². The largest absolute Gasteiger partial charge is 0.484 e. The molecule has 122 valence electrons. The number of benzene rings is 1. The van der Waals surface area contributed by atoms with E-state index in [1.807, 2.05) is 43.4 Å². The van der Waals surface area contributed by atoms with Crippen LogP contribution in [-0.4, -0.2) is 31.1 Å². The molecule has 0 aliphatic carbocycles. The van der Waals surface area contributed by atoms with Gasteiger partial charge in [0.05, 0.1) is 11.9 Å². The highest BCUT2D eigenvalue weighted by Gasteiger charge is 2.06. The molecule has 2 aromatic rings. The minimum absolute atomic E-state index is 0.0378. The molecule has 23 heavy (non-hydrogen) atoms. The predicted molar refractivity (Wildman–Crippen MR) is 93.0 cm³/mol. The van der Waals surface area contributed by atoms with Gasteiger partial charge in [0.15, 0.2) is 6.61 Å². The molecule has 5 heteroatoms. The molecule has 1 N–H and O–H groups in total. The molecule has 1 amide bonds. The number of carbonyl (C=O) groups excluding carboxylic acids is 1. The van der Waals surface area contributed by atoms with Crippen LogP contribution in [0.3, 0.4) is 0 Å². The van der Waals surface area contributed by atoms with Gasteiger partial charge in [-0.15, -0.1) is 0 Å². The number of amides is 1. The van der Waals surface area contributed by atoms with Gasteiger partial charge < -0.3 is 15.0 Å². The number of carbonyl (C=O) groups is 1. The first-order valence-corrected chi connectivity index (χ1v) is 7.84. The number of nitrogens with one attached hydrogen (secondary N) is 1. The van der Waals surface area contributed by atoms with Crippen molar-refractivity contribution in [3.63, 3.8) is 0 Å². The Bertz CT molecular complexity index is 599. The average molecular weight is 313 g/mol. The predicted octanol–water partition coefficient (Wildman–Crippen LogP) is 3.34. The lowest BCUT2D eigenvalue weighted by Crippen LogP contribution is -2.21. The monoisotopic (exact) mass is 313 g/mol. The molecule has 5 nitrogen and oxygen atoms in total. The number of hydrogen-bond acceptors (Lipinski definition) is 4. The van der Waals surface area contributed by atoms with Crippen molar-refractivity contribution < 1.29 is 9.53 Å². The van der Waals surface area contributed by atoms with Crippen molar-refractivity contribution >= 4 is 17.4 Å². The van der Waals surface area contributed by atoms with Crippen LogP contribution in [0.4, 0.5) is 11.5 Å². The quantitative estimate of drug-likeness (QED) is 0.812. The summed E-state index contributed by atoms with van der Waals surface area (Å²) in [6.07, 6.45) is 4.07. The molecule has 1 heterocycles. The third kappa shape index (κ3) is 5.62. The number of para-hydroxylation sites is 1. The van der Waals surface area contributed by atoms with Crippen LogP contribution in [0.5, 0.6) is 5.75 Å². The topological polar surface area (TPSA) is 54.5 Å². The van der Waals surface area contributed by atoms with Gasteiger partial charge >= 0.3 is 0 Å². The van der Waals surface area contributed by atoms with E-state index in [4.69, 9.17) is 4.74 Å². The third-order valence-electron chi connectivity index (χ3n) is 3.42. The van der Waals surface area contributed by atoms with Crippen molar-refractivity contribution in [3.05, 3.63) is 48.7 Å². The standard InChI is InChI=1S/C18H23N3O2/c1-3-4-12-21(2)15-10-11-17(19-13-15)20-18(22)14-23-16-8-6-5-7-9-16/h5-11,13H,3-4,12,14H2,1-2H3,(H,19,20,22). The lowest BCUT2D eigenvalue weighted by molar-refractivity contribution is -0.118. The number of aromatic nitrogens is 1. The van der Waals surface area contributed by atoms with E-state index < -0.39 is 0 Å². The van der Waals surface area contributed by atoms with Gasteiger partial charge in [0, 0.05) is 13.6 Å². The Morgan fingerprint density at radius 2 is 2.00 bits per heavy atom. The first kappa shape index (κ1) is 16.8. The molecule has 0 aliphatic heterocycles. The van der Waals surface area contributed by atoms with E-state index in [-0.39, 0.29) is 12.5 Å². The molecule has 0 aliphatic rings. The number of pyridine rings is 1. The molecule has 0 fully saturated rings. The Morgan fingerprint density at radius 3 is 2.65 bits per heavy atom. The minimum Gasteiger partial charge on any atom is -0.484 e. The van der Waals surface area contributed by atoms with Crippen LogP contribution in [-0.2, 0) is 4.79 Å². The van der Waals surface area contributed by atoms with Crippen molar-refractivity contribution in [2.45, 2.75) is 19.8 Å². The fraction of sp³-hybridized carbons (Fsp3) is 0.333. The van der Waals surface area contributed by atoms with Crippen LogP contribution in [0.15, 0.2) is 48.7 Å². The lowest BCUT2D eigenvalue weighted by Gasteiger charge is -2.18. The molecule has 0 radical (unpaired) electrons. The average Bonchev–Trinajstić information content (AvgIpc) is 2.59. The molecule has 1 aromatic heterocycles. The van der Waals surface area contributed by atoms with Crippen LogP contribution < -0.4 is 15.0 Å². The summed E-state index contributed by atoms with van der Waals surface area (Å²) in [7, 11) is 2.04. The van der Waals surface area contributed by atoms with Gasteiger partial charge in [0.1, 0.15) is 11.6 Å². The highest BCUT2D eigenvalue weighted by atomic mass is 16.5. The van der Waals surface area contributed by atoms with Crippen molar-refractivity contribution in [2.24, 2.45) is 0 Å². The van der Waals surface area contributed by atoms with Crippen LogP contribution in [0.1, 0.15) is 19.8 Å². The molecule has 0 bridgehead atoms. The summed E-state index contributed by atoms with van der Waals surface area (Å²) in [6, 6.07) is 13.0. The van der Waals surface area contributed by atoms with E-state index in [9.17, 15) is 4.79 Å². The Morgan fingerprint density at radius 1 is 1.22 bits per heavy atom. The zero-order valence-corrected chi connectivity index (χ0v) is 13.7. The first-order chi connectivity index (χ1) is 11.2. The normalized spacial score (nSPS) is 10.2. The maximum absolute atomic E-state index is 11.9. The summed E-state index contributed by atoms with van der Waals surface area (Å²) in [5.74, 6) is 0.969. The van der Waals surface area contributed by atoms with Crippen LogP contribution in [0.2, 0.25) is 0 Å². The number of anilines is 2. The van der Waals surface area contributed by atoms with Crippen molar-refractivity contribution in [1.29, 1.82) is 0 Å². The number of nitrogens with zero attached hydrogens (tertiary/aromatic N) is 2. The Hall–Kier alpha value is -2.56. The van der Waals surface area contributed by atoms with Gasteiger partial charge in [0.25, 0.3) is 5.91 Å². The Balaban J connectivity index is 1.82. The van der Waals surface area contributed by atoms with Crippen LogP contribution >= 0.6 is 0 Å². The number of hydrogen-bond donors (Lipinski definition) is 1. The van der Waals surface area contributed by atoms with E-state index in [1.165, 1.54) is 0 Å². The second-order valence-corrected chi connectivity index (χ2v) is 5.33. The number of unbranched alkanes of at least 4 members (excludes halogenated alkanes) is 1. The van der Waals surface area contributed by atoms with Crippen molar-refractivity contribution in [3.8, 4) is 5.75 Å². The highest BCUT2D eigenvalue weighted by molar-refractivity contribution is 5.91. The van der Waals surface area contributed by atoms with E-state index in [0.717, 1.165) is 25.1 Å². The Kier molecular flexibility index (Phi) is 6.41. The van der Waals surface area contributed by atoms with Gasteiger partial charge in [-0.1, -0.05) is 31.5 Å². The second kappa shape index (κ2) is 8.78. The smallest absolute Gasteiger partial charge is 0.263 e. The molecule has 0 unspecified atom stereocenters. The maximum Gasteiger partial charge on any atom is 0.263 e. The van der Waals surface area contributed by atoms with Gasteiger partial charge in [-0.05, 0) is 30.7 Å². The minimum atomic E-state index is -0.228. The number of rotatable bonds is 8. The summed E-state index contributed by atoms with van der Waals surface area (Å²) in [5.41, 5.74) is 1.04. The molecular weight excluding hydrogens is 290 g/mol. The highest BCUT2D eigenvalue weighted by Crippen LogP contribution is 2.14. The summed E-state index contributed by atoms with van der Waals surface area (Å²) >= 11 is 0. The summed E-state index contributed by atoms with van der Waals surface area (Å²) in [4.78, 5) is 18.3. The maximum atomic E-state index is 11.9. The van der Waals surface area contributed by atoms with Gasteiger partial charge in [-0.25, -0.2) is 4.98 Å². The zero-order chi connectivity index (χ0) is 16.5. The van der Waals surface area contributed by atoms with Crippen molar-refractivity contribution in [2.75, 3.05) is 30.4 Å². The molecule has 0 saturated heterocycles. The first-order valence-electron chi connectivity index (χ1n) is 7.84. The van der Waals surface area contributed by atoms with E-state index in [0.29, 0.717) is 11.6 Å². The zero-order valence-electron chi connectivity index (χ0n) is 13.7. The second-order valence-electron chi connectivity index (χ2n) is 5.33. The summed E-state index contributed by atoms with van der Waals surface area (Å²) < 4.78 is 5.40. The molecular formula is C18H23N3O2. The van der Waals surface area contributed by atoms with Gasteiger partial charge in [-0.3, -0.25) is 4.79 Å². The van der Waals surface area contributed by atoms with Crippen molar-refractivity contribution in [1.82, 2.24) is 4.98 Å². The fourth-order valence-electron chi connectivity index (χ4n) is 2.05. The molecule has 1 aromatic carbocycles. The third-order valence-corrected chi connectivity index (χ3v) is 3.42. The lowest BCUT2D eigenvalue weighted by atomic mass is 10.3. The molecule has 0 saturated carbocycles. The SMILES string of the molecule is CCCCN(C)c1ccc(NC(=O)COc2ccccc2)nc1. The fourth-order valence-corrected chi connectivity index (χ4v) is 2.05. The molecule has 2 rings (SSSR count).